The van der Waals surface area contributed by atoms with E-state index in [2.05, 4.69) is 23.4 Å². The summed E-state index contributed by atoms with van der Waals surface area (Å²) in [7, 11) is 0. The quantitative estimate of drug-likeness (QED) is 0.919. The van der Waals surface area contributed by atoms with Crippen molar-refractivity contribution in [1.29, 1.82) is 0 Å². The Morgan fingerprint density at radius 2 is 2.21 bits per heavy atom. The zero-order chi connectivity index (χ0) is 13.6. The number of aromatic nitrogens is 2. The number of carbonyl (C=O) groups is 1. The topological polar surface area (TPSA) is 55.1 Å². The summed E-state index contributed by atoms with van der Waals surface area (Å²) in [5.41, 5.74) is 1.99. The summed E-state index contributed by atoms with van der Waals surface area (Å²) in [4.78, 5) is 15.9. The number of hydrogen-bond acceptors (Lipinski definition) is 2. The first-order valence-electron chi connectivity index (χ1n) is 6.81. The van der Waals surface area contributed by atoms with Crippen LogP contribution in [0.25, 0.3) is 11.0 Å². The number of carboxylic acid groups (broad SMARTS) is 1. The third-order valence-corrected chi connectivity index (χ3v) is 4.27. The number of hydrogen-bond donors (Lipinski definition) is 1. The highest BCUT2D eigenvalue weighted by Gasteiger charge is 2.36. The molecule has 0 radical (unpaired) electrons. The zero-order valence-corrected chi connectivity index (χ0v) is 11.3. The van der Waals surface area contributed by atoms with Crippen LogP contribution >= 0.6 is 0 Å². The van der Waals surface area contributed by atoms with E-state index in [9.17, 15) is 9.90 Å². The molecule has 0 atom stereocenters. The highest BCUT2D eigenvalue weighted by molar-refractivity contribution is 6.01. The van der Waals surface area contributed by atoms with Gasteiger partial charge in [0.05, 0.1) is 11.1 Å². The molecule has 0 saturated heterocycles. The van der Waals surface area contributed by atoms with Gasteiger partial charge in [0.1, 0.15) is 11.3 Å². The molecule has 0 spiro atoms. The molecule has 1 fully saturated rings. The molecule has 0 unspecified atom stereocenters. The van der Waals surface area contributed by atoms with Gasteiger partial charge in [-0.2, -0.15) is 0 Å². The van der Waals surface area contributed by atoms with Crippen LogP contribution in [0.2, 0.25) is 0 Å². The first kappa shape index (κ1) is 12.2. The van der Waals surface area contributed by atoms with Gasteiger partial charge in [-0.05, 0) is 38.3 Å². The number of aromatic carboxylic acids is 1. The minimum absolute atomic E-state index is 0.108. The van der Waals surface area contributed by atoms with Gasteiger partial charge in [0.2, 0.25) is 0 Å². The van der Waals surface area contributed by atoms with Crippen LogP contribution in [0.15, 0.2) is 18.2 Å². The Morgan fingerprint density at radius 3 is 2.74 bits per heavy atom. The van der Waals surface area contributed by atoms with Crippen molar-refractivity contribution in [3.8, 4) is 0 Å². The van der Waals surface area contributed by atoms with Crippen molar-refractivity contribution in [2.75, 3.05) is 0 Å². The maximum Gasteiger partial charge on any atom is 0.337 e. The Bertz CT molecular complexity index is 653. The second-order valence-electron chi connectivity index (χ2n) is 5.55. The van der Waals surface area contributed by atoms with Gasteiger partial charge in [-0.3, -0.25) is 0 Å². The van der Waals surface area contributed by atoms with Gasteiger partial charge in [-0.25, -0.2) is 9.78 Å². The summed E-state index contributed by atoms with van der Waals surface area (Å²) in [5.74, 6) is 0.0857. The lowest BCUT2D eigenvalue weighted by atomic mass is 9.78. The number of fused-ring (bicyclic) bond motifs is 1. The number of nitrogens with zero attached hydrogens (tertiary/aromatic N) is 2. The average molecular weight is 258 g/mol. The van der Waals surface area contributed by atoms with E-state index in [0.29, 0.717) is 11.1 Å². The number of para-hydroxylation sites is 1. The Hall–Kier alpha value is -1.84. The van der Waals surface area contributed by atoms with Crippen LogP contribution in [0.3, 0.4) is 0 Å². The molecule has 0 aliphatic heterocycles. The molecule has 1 heterocycles. The molecule has 1 aromatic heterocycles. The van der Waals surface area contributed by atoms with Gasteiger partial charge in [-0.1, -0.05) is 13.0 Å². The first-order valence-corrected chi connectivity index (χ1v) is 6.81. The maximum absolute atomic E-state index is 11.3. The van der Waals surface area contributed by atoms with Gasteiger partial charge in [0, 0.05) is 12.0 Å². The third-order valence-electron chi connectivity index (χ3n) is 4.27. The van der Waals surface area contributed by atoms with E-state index in [-0.39, 0.29) is 5.54 Å². The molecule has 0 amide bonds. The van der Waals surface area contributed by atoms with E-state index in [1.807, 2.05) is 12.1 Å². The molecule has 1 aliphatic carbocycles. The lowest BCUT2D eigenvalue weighted by Gasteiger charge is -2.41. The lowest BCUT2D eigenvalue weighted by molar-refractivity contribution is 0.0699. The molecular formula is C15H18N2O2. The van der Waals surface area contributed by atoms with Crippen molar-refractivity contribution in [3.63, 3.8) is 0 Å². The Kier molecular flexibility index (Phi) is 2.62. The fourth-order valence-corrected chi connectivity index (χ4v) is 3.07. The first-order chi connectivity index (χ1) is 9.07. The van der Waals surface area contributed by atoms with Crippen LogP contribution in [-0.4, -0.2) is 20.6 Å². The monoisotopic (exact) mass is 258 g/mol. The normalized spacial score (nSPS) is 17.4. The number of rotatable bonds is 3. The molecular weight excluding hydrogens is 240 g/mol. The number of benzene rings is 1. The fraction of sp³-hybridized carbons (Fsp3) is 0.467. The minimum Gasteiger partial charge on any atom is -0.478 e. The van der Waals surface area contributed by atoms with Gasteiger partial charge < -0.3 is 9.67 Å². The second kappa shape index (κ2) is 4.08. The number of carboxylic acids is 1. The molecule has 1 saturated carbocycles. The predicted molar refractivity (Wildman–Crippen MR) is 73.6 cm³/mol. The van der Waals surface area contributed by atoms with E-state index in [0.717, 1.165) is 30.6 Å². The zero-order valence-electron chi connectivity index (χ0n) is 11.3. The van der Waals surface area contributed by atoms with Crippen LogP contribution in [0.4, 0.5) is 0 Å². The summed E-state index contributed by atoms with van der Waals surface area (Å²) in [5, 5.41) is 9.28. The second-order valence-corrected chi connectivity index (χ2v) is 5.55. The molecule has 4 nitrogen and oxygen atoms in total. The summed E-state index contributed by atoms with van der Waals surface area (Å²) >= 11 is 0. The number of imidazole rings is 1. The lowest BCUT2D eigenvalue weighted by Crippen LogP contribution is -2.38. The largest absolute Gasteiger partial charge is 0.478 e. The summed E-state index contributed by atoms with van der Waals surface area (Å²) in [6.45, 7) is 4.31. The van der Waals surface area contributed by atoms with Gasteiger partial charge in [0.25, 0.3) is 0 Å². The van der Waals surface area contributed by atoms with Gasteiger partial charge in [0.15, 0.2) is 0 Å². The van der Waals surface area contributed by atoms with Crippen LogP contribution in [0.1, 0.15) is 49.3 Å². The van der Waals surface area contributed by atoms with E-state index in [1.54, 1.807) is 6.07 Å². The van der Waals surface area contributed by atoms with E-state index in [4.69, 9.17) is 0 Å². The van der Waals surface area contributed by atoms with Crippen molar-refractivity contribution in [1.82, 2.24) is 9.55 Å². The van der Waals surface area contributed by atoms with Gasteiger partial charge >= 0.3 is 5.97 Å². The molecule has 1 aromatic carbocycles. The fourth-order valence-electron chi connectivity index (χ4n) is 3.07. The minimum atomic E-state index is -0.906. The van der Waals surface area contributed by atoms with E-state index >= 15 is 0 Å². The van der Waals surface area contributed by atoms with Crippen molar-refractivity contribution in [3.05, 3.63) is 29.6 Å². The van der Waals surface area contributed by atoms with Crippen LogP contribution in [0.5, 0.6) is 0 Å². The van der Waals surface area contributed by atoms with E-state index < -0.39 is 5.97 Å². The van der Waals surface area contributed by atoms with Crippen LogP contribution in [-0.2, 0) is 12.0 Å². The van der Waals surface area contributed by atoms with Crippen molar-refractivity contribution in [2.45, 2.75) is 45.1 Å². The Labute approximate surface area is 112 Å². The smallest absolute Gasteiger partial charge is 0.337 e. The average Bonchev–Trinajstić information content (AvgIpc) is 2.74. The van der Waals surface area contributed by atoms with Crippen molar-refractivity contribution >= 4 is 17.0 Å². The third kappa shape index (κ3) is 1.66. The highest BCUT2D eigenvalue weighted by Crippen LogP contribution is 2.42. The molecule has 1 aliphatic rings. The van der Waals surface area contributed by atoms with E-state index in [1.165, 1.54) is 6.42 Å². The molecule has 4 heteroatoms. The van der Waals surface area contributed by atoms with Crippen LogP contribution in [0, 0.1) is 0 Å². The highest BCUT2D eigenvalue weighted by atomic mass is 16.4. The van der Waals surface area contributed by atoms with Gasteiger partial charge in [-0.15, -0.1) is 0 Å². The van der Waals surface area contributed by atoms with Crippen molar-refractivity contribution in [2.24, 2.45) is 0 Å². The molecule has 19 heavy (non-hydrogen) atoms. The Morgan fingerprint density at radius 1 is 1.47 bits per heavy atom. The molecule has 2 aromatic rings. The van der Waals surface area contributed by atoms with Crippen LogP contribution < -0.4 is 0 Å². The Balaban J connectivity index is 2.31. The summed E-state index contributed by atoms with van der Waals surface area (Å²) in [6.07, 6.45) is 4.34. The predicted octanol–water partition coefficient (Wildman–Crippen LogP) is 3.20. The molecule has 100 valence electrons. The maximum atomic E-state index is 11.3. The molecule has 1 N–H and O–H groups in total. The van der Waals surface area contributed by atoms with Crippen molar-refractivity contribution < 1.29 is 9.90 Å². The SMILES string of the molecule is CCc1nc2c(C(=O)O)cccc2n1C1(C)CCC1. The summed E-state index contributed by atoms with van der Waals surface area (Å²) in [6, 6.07) is 5.42. The molecule has 3 rings (SSSR count). The standard InChI is InChI=1S/C15H18N2O2/c1-3-12-16-13-10(14(18)19)6-4-7-11(13)17(12)15(2)8-5-9-15/h4,6-7H,3,5,8-9H2,1-2H3,(H,18,19). The number of aryl methyl sites for hydroxylation is 1. The summed E-state index contributed by atoms with van der Waals surface area (Å²) < 4.78 is 2.26. The molecule has 0 bridgehead atoms.